The second-order valence-corrected chi connectivity index (χ2v) is 5.36. The maximum Gasteiger partial charge on any atom is 0.311 e. The van der Waals surface area contributed by atoms with Gasteiger partial charge in [0.25, 0.3) is 5.91 Å². The number of pyridine rings is 1. The number of nitrogens with one attached hydrogen (secondary N) is 1. The number of amides is 1. The molecule has 1 heterocycles. The average Bonchev–Trinajstić information content (AvgIpc) is 2.38. The van der Waals surface area contributed by atoms with Gasteiger partial charge in [0, 0.05) is 15.2 Å². The molecule has 2 aromatic rings. The lowest BCUT2D eigenvalue weighted by molar-refractivity contribution is -0.384. The van der Waals surface area contributed by atoms with Crippen LogP contribution in [0, 0.1) is 13.7 Å². The van der Waals surface area contributed by atoms with Crippen molar-refractivity contribution in [2.24, 2.45) is 0 Å². The molecule has 1 aromatic heterocycles. The molecule has 1 amide bonds. The van der Waals surface area contributed by atoms with Gasteiger partial charge in [0.1, 0.15) is 5.15 Å². The summed E-state index contributed by atoms with van der Waals surface area (Å²) in [6, 6.07) is 9.30. The van der Waals surface area contributed by atoms with E-state index < -0.39 is 10.8 Å². The van der Waals surface area contributed by atoms with E-state index in [2.05, 4.69) is 32.9 Å². The fourth-order valence-corrected chi connectivity index (χ4v) is 2.17. The summed E-state index contributed by atoms with van der Waals surface area (Å²) in [5, 5.41) is 13.3. The quantitative estimate of drug-likeness (QED) is 0.368. The van der Waals surface area contributed by atoms with Gasteiger partial charge in [-0.25, -0.2) is 4.98 Å². The summed E-state index contributed by atoms with van der Waals surface area (Å²) in [6.45, 7) is 0. The Morgan fingerprint density at radius 2 is 2.10 bits per heavy atom. The normalized spacial score (nSPS) is 10.1. The van der Waals surface area contributed by atoms with Crippen molar-refractivity contribution in [3.05, 3.63) is 60.8 Å². The Morgan fingerprint density at radius 1 is 1.35 bits per heavy atom. The minimum absolute atomic E-state index is 0.0635. The van der Waals surface area contributed by atoms with Crippen LogP contribution < -0.4 is 5.32 Å². The maximum absolute atomic E-state index is 12.0. The summed E-state index contributed by atoms with van der Waals surface area (Å²) in [5.74, 6) is -0.659. The molecule has 8 heteroatoms. The number of anilines is 1. The largest absolute Gasteiger partial charge is 0.311 e. The summed E-state index contributed by atoms with van der Waals surface area (Å²) in [7, 11) is 0. The molecule has 0 bridgehead atoms. The number of halogens is 2. The fourth-order valence-electron chi connectivity index (χ4n) is 1.48. The van der Waals surface area contributed by atoms with Crippen LogP contribution in [0.1, 0.15) is 10.4 Å². The predicted octanol–water partition coefficient (Wildman–Crippen LogP) is 3.50. The molecule has 2 rings (SSSR count). The molecule has 0 saturated carbocycles. The highest BCUT2D eigenvalue weighted by Gasteiger charge is 2.18. The van der Waals surface area contributed by atoms with E-state index in [4.69, 9.17) is 11.6 Å². The van der Waals surface area contributed by atoms with E-state index in [9.17, 15) is 14.9 Å². The molecule has 0 aliphatic rings. The Hall–Kier alpha value is -1.74. The molecule has 0 fully saturated rings. The maximum atomic E-state index is 12.0. The van der Waals surface area contributed by atoms with Gasteiger partial charge in [0.2, 0.25) is 5.82 Å². The molecule has 1 aromatic carbocycles. The van der Waals surface area contributed by atoms with Crippen LogP contribution in [0.4, 0.5) is 11.5 Å². The van der Waals surface area contributed by atoms with Gasteiger partial charge in [-0.1, -0.05) is 17.7 Å². The Morgan fingerprint density at radius 3 is 2.75 bits per heavy atom. The smallest absolute Gasteiger partial charge is 0.301 e. The summed E-state index contributed by atoms with van der Waals surface area (Å²) < 4.78 is 0.879. The third kappa shape index (κ3) is 3.42. The van der Waals surface area contributed by atoms with Gasteiger partial charge in [-0.15, -0.1) is 0 Å². The molecule has 0 aliphatic carbocycles. The monoisotopic (exact) mass is 403 g/mol. The topological polar surface area (TPSA) is 85.1 Å². The van der Waals surface area contributed by atoms with Crippen molar-refractivity contribution in [3.63, 3.8) is 0 Å². The molecular formula is C12H7ClIN3O3. The van der Waals surface area contributed by atoms with E-state index in [1.807, 2.05) is 6.07 Å². The standard InChI is InChI=1S/C12H7ClIN3O3/c13-10-5-4-9(17(19)20)11(15-10)16-12(18)7-2-1-3-8(14)6-7/h1-6H,(H,15,16,18). The van der Waals surface area contributed by atoms with Crippen LogP contribution in [0.2, 0.25) is 5.15 Å². The fraction of sp³-hybridized carbons (Fsp3) is 0. The van der Waals surface area contributed by atoms with Crippen LogP contribution in [0.25, 0.3) is 0 Å². The van der Waals surface area contributed by atoms with Crippen molar-refractivity contribution in [2.45, 2.75) is 0 Å². The zero-order valence-corrected chi connectivity index (χ0v) is 12.8. The molecule has 0 unspecified atom stereocenters. The highest BCUT2D eigenvalue weighted by molar-refractivity contribution is 14.1. The van der Waals surface area contributed by atoms with Crippen LogP contribution in [0.5, 0.6) is 0 Å². The lowest BCUT2D eigenvalue weighted by Crippen LogP contribution is -2.14. The van der Waals surface area contributed by atoms with E-state index in [1.165, 1.54) is 12.1 Å². The van der Waals surface area contributed by atoms with Crippen LogP contribution in [-0.2, 0) is 0 Å². The van der Waals surface area contributed by atoms with E-state index >= 15 is 0 Å². The first-order valence-corrected chi connectivity index (χ1v) is 6.81. The highest BCUT2D eigenvalue weighted by Crippen LogP contribution is 2.24. The van der Waals surface area contributed by atoms with Gasteiger partial charge in [-0.05, 0) is 46.9 Å². The number of nitrogens with zero attached hydrogens (tertiary/aromatic N) is 2. The van der Waals surface area contributed by atoms with Crippen LogP contribution in [-0.4, -0.2) is 15.8 Å². The SMILES string of the molecule is O=C(Nc1nc(Cl)ccc1[N+](=O)[O-])c1cccc(I)c1. The molecule has 1 N–H and O–H groups in total. The highest BCUT2D eigenvalue weighted by atomic mass is 127. The van der Waals surface area contributed by atoms with Gasteiger partial charge in [0.05, 0.1) is 4.92 Å². The molecule has 0 radical (unpaired) electrons. The van der Waals surface area contributed by atoms with Crippen molar-refractivity contribution in [1.82, 2.24) is 4.98 Å². The Balaban J connectivity index is 2.32. The molecule has 6 nitrogen and oxygen atoms in total. The van der Waals surface area contributed by atoms with E-state index in [-0.39, 0.29) is 16.7 Å². The molecule has 0 spiro atoms. The minimum atomic E-state index is -0.631. The first-order chi connectivity index (χ1) is 9.47. The number of hydrogen-bond donors (Lipinski definition) is 1. The lowest BCUT2D eigenvalue weighted by Gasteiger charge is -2.05. The van der Waals surface area contributed by atoms with Gasteiger partial charge in [-0.3, -0.25) is 14.9 Å². The number of nitro groups is 1. The van der Waals surface area contributed by atoms with Gasteiger partial charge in [0.15, 0.2) is 0 Å². The van der Waals surface area contributed by atoms with Crippen LogP contribution in [0.15, 0.2) is 36.4 Å². The summed E-state index contributed by atoms with van der Waals surface area (Å²) >= 11 is 7.76. The first kappa shape index (κ1) is 14.7. The van der Waals surface area contributed by atoms with Crippen molar-refractivity contribution in [1.29, 1.82) is 0 Å². The van der Waals surface area contributed by atoms with Crippen molar-refractivity contribution in [3.8, 4) is 0 Å². The van der Waals surface area contributed by atoms with Crippen LogP contribution >= 0.6 is 34.2 Å². The number of rotatable bonds is 3. The van der Waals surface area contributed by atoms with Crippen molar-refractivity contribution >= 4 is 51.6 Å². The molecule has 0 aliphatic heterocycles. The molecule has 0 saturated heterocycles. The third-order valence-electron chi connectivity index (χ3n) is 2.36. The predicted molar refractivity (Wildman–Crippen MR) is 83.0 cm³/mol. The summed E-state index contributed by atoms with van der Waals surface area (Å²) in [4.78, 5) is 26.0. The van der Waals surface area contributed by atoms with Crippen molar-refractivity contribution < 1.29 is 9.72 Å². The summed E-state index contributed by atoms with van der Waals surface area (Å²) in [6.07, 6.45) is 0. The summed E-state index contributed by atoms with van der Waals surface area (Å²) in [5.41, 5.74) is 0.0707. The molecule has 102 valence electrons. The minimum Gasteiger partial charge on any atom is -0.301 e. The van der Waals surface area contributed by atoms with Crippen molar-refractivity contribution in [2.75, 3.05) is 5.32 Å². The Labute approximate surface area is 132 Å². The Bertz CT molecular complexity index is 693. The second-order valence-electron chi connectivity index (χ2n) is 3.72. The number of aromatic nitrogens is 1. The Kier molecular flexibility index (Phi) is 4.50. The van der Waals surface area contributed by atoms with E-state index in [0.29, 0.717) is 5.56 Å². The zero-order chi connectivity index (χ0) is 14.7. The number of benzene rings is 1. The average molecular weight is 404 g/mol. The number of carbonyl (C=O) groups is 1. The zero-order valence-electron chi connectivity index (χ0n) is 9.84. The third-order valence-corrected chi connectivity index (χ3v) is 3.24. The van der Waals surface area contributed by atoms with E-state index in [0.717, 1.165) is 3.57 Å². The molecule has 20 heavy (non-hydrogen) atoms. The van der Waals surface area contributed by atoms with Gasteiger partial charge >= 0.3 is 5.69 Å². The lowest BCUT2D eigenvalue weighted by atomic mass is 10.2. The van der Waals surface area contributed by atoms with E-state index in [1.54, 1.807) is 18.2 Å². The molecule has 0 atom stereocenters. The van der Waals surface area contributed by atoms with Crippen LogP contribution in [0.3, 0.4) is 0 Å². The molecular weight excluding hydrogens is 397 g/mol. The van der Waals surface area contributed by atoms with Gasteiger partial charge in [-0.2, -0.15) is 0 Å². The second kappa shape index (κ2) is 6.14. The number of hydrogen-bond acceptors (Lipinski definition) is 4. The number of carbonyl (C=O) groups excluding carboxylic acids is 1. The van der Waals surface area contributed by atoms with Gasteiger partial charge < -0.3 is 5.32 Å². The first-order valence-electron chi connectivity index (χ1n) is 5.35.